The first-order valence-electron chi connectivity index (χ1n) is 7.71. The first kappa shape index (κ1) is 16.6. The van der Waals surface area contributed by atoms with Crippen LogP contribution in [0.25, 0.3) is 22.6 Å². The topological polar surface area (TPSA) is 87.7 Å². The van der Waals surface area contributed by atoms with Crippen LogP contribution in [0.2, 0.25) is 5.02 Å². The second kappa shape index (κ2) is 6.44. The number of aromatic amines is 1. The molecule has 130 valence electrons. The van der Waals surface area contributed by atoms with Crippen LogP contribution in [-0.2, 0) is 10.0 Å². The van der Waals surface area contributed by atoms with E-state index < -0.39 is 10.0 Å². The van der Waals surface area contributed by atoms with E-state index in [1.807, 2.05) is 18.2 Å². The fourth-order valence-corrected chi connectivity index (χ4v) is 3.72. The van der Waals surface area contributed by atoms with Gasteiger partial charge in [0.25, 0.3) is 10.0 Å². The minimum atomic E-state index is -3.73. The molecular formula is C18H13ClN4O2S. The lowest BCUT2D eigenvalue weighted by atomic mass is 10.3. The first-order chi connectivity index (χ1) is 12.5. The Morgan fingerprint density at radius 2 is 1.81 bits per heavy atom. The Kier molecular flexibility index (Phi) is 4.10. The lowest BCUT2D eigenvalue weighted by Gasteiger charge is -2.08. The fourth-order valence-electron chi connectivity index (χ4n) is 2.51. The number of nitrogens with zero attached hydrogens (tertiary/aromatic N) is 2. The summed E-state index contributed by atoms with van der Waals surface area (Å²) < 4.78 is 27.8. The number of anilines is 1. The lowest BCUT2D eigenvalue weighted by Crippen LogP contribution is -2.12. The van der Waals surface area contributed by atoms with Crippen LogP contribution in [0.4, 0.5) is 5.69 Å². The van der Waals surface area contributed by atoms with Gasteiger partial charge in [0.1, 0.15) is 5.69 Å². The summed E-state index contributed by atoms with van der Waals surface area (Å²) >= 11 is 5.82. The van der Waals surface area contributed by atoms with E-state index in [4.69, 9.17) is 11.6 Å². The average Bonchev–Trinajstić information content (AvgIpc) is 3.07. The van der Waals surface area contributed by atoms with Crippen molar-refractivity contribution in [3.8, 4) is 11.5 Å². The number of H-pyrrole nitrogens is 1. The quantitative estimate of drug-likeness (QED) is 0.555. The van der Waals surface area contributed by atoms with Crippen molar-refractivity contribution in [3.63, 3.8) is 0 Å². The number of aromatic nitrogens is 3. The highest BCUT2D eigenvalue weighted by Gasteiger charge is 2.16. The Balaban J connectivity index is 1.69. The molecule has 0 bridgehead atoms. The third kappa shape index (κ3) is 3.26. The molecule has 0 saturated carbocycles. The molecule has 0 amide bonds. The number of sulfonamides is 1. The largest absolute Gasteiger partial charge is 0.337 e. The van der Waals surface area contributed by atoms with Crippen molar-refractivity contribution >= 4 is 38.3 Å². The number of imidazole rings is 1. The summed E-state index contributed by atoms with van der Waals surface area (Å²) in [5.41, 5.74) is 2.40. The van der Waals surface area contributed by atoms with E-state index in [0.717, 1.165) is 0 Å². The molecule has 0 aliphatic heterocycles. The van der Waals surface area contributed by atoms with Gasteiger partial charge in [-0.2, -0.15) is 0 Å². The molecule has 8 heteroatoms. The second-order valence-electron chi connectivity index (χ2n) is 5.59. The molecule has 0 atom stereocenters. The summed E-state index contributed by atoms with van der Waals surface area (Å²) in [6.45, 7) is 0. The maximum Gasteiger partial charge on any atom is 0.261 e. The predicted molar refractivity (Wildman–Crippen MR) is 102 cm³/mol. The van der Waals surface area contributed by atoms with Crippen LogP contribution in [0.3, 0.4) is 0 Å². The molecule has 0 saturated heterocycles. The molecule has 4 aromatic rings. The molecule has 0 unspecified atom stereocenters. The number of rotatable bonds is 4. The van der Waals surface area contributed by atoms with Gasteiger partial charge in [0.05, 0.1) is 15.9 Å². The van der Waals surface area contributed by atoms with Gasteiger partial charge in [-0.3, -0.25) is 9.71 Å². The van der Waals surface area contributed by atoms with Gasteiger partial charge in [-0.15, -0.1) is 0 Å². The zero-order valence-corrected chi connectivity index (χ0v) is 14.9. The maximum absolute atomic E-state index is 12.6. The number of hydrogen-bond donors (Lipinski definition) is 2. The van der Waals surface area contributed by atoms with E-state index in [1.54, 1.807) is 42.6 Å². The van der Waals surface area contributed by atoms with Crippen molar-refractivity contribution in [3.05, 3.63) is 71.9 Å². The SMILES string of the molecule is O=S(=O)(Nc1ccc(Cl)cc1)c1ccc2nc(-c3ccccn3)[nH]c2c1. The molecular weight excluding hydrogens is 372 g/mol. The molecule has 2 aromatic carbocycles. The number of nitrogens with one attached hydrogen (secondary N) is 2. The van der Waals surface area contributed by atoms with E-state index in [0.29, 0.717) is 33.3 Å². The van der Waals surface area contributed by atoms with Gasteiger partial charge in [0.2, 0.25) is 0 Å². The van der Waals surface area contributed by atoms with Crippen LogP contribution in [0, 0.1) is 0 Å². The molecule has 2 N–H and O–H groups in total. The normalized spacial score (nSPS) is 11.6. The van der Waals surface area contributed by atoms with E-state index >= 15 is 0 Å². The number of fused-ring (bicyclic) bond motifs is 1. The third-order valence-corrected chi connectivity index (χ3v) is 5.40. The number of benzene rings is 2. The first-order valence-corrected chi connectivity index (χ1v) is 9.57. The molecule has 2 heterocycles. The van der Waals surface area contributed by atoms with E-state index in [-0.39, 0.29) is 4.90 Å². The number of pyridine rings is 1. The van der Waals surface area contributed by atoms with Crippen molar-refractivity contribution in [1.82, 2.24) is 15.0 Å². The molecule has 0 fully saturated rings. The summed E-state index contributed by atoms with van der Waals surface area (Å²) in [5.74, 6) is 0.584. The summed E-state index contributed by atoms with van der Waals surface area (Å²) in [5, 5.41) is 0.536. The van der Waals surface area contributed by atoms with Gasteiger partial charge < -0.3 is 4.98 Å². The zero-order valence-electron chi connectivity index (χ0n) is 13.3. The minimum Gasteiger partial charge on any atom is -0.337 e. The van der Waals surface area contributed by atoms with Crippen molar-refractivity contribution < 1.29 is 8.42 Å². The van der Waals surface area contributed by atoms with E-state index in [1.165, 1.54) is 6.07 Å². The van der Waals surface area contributed by atoms with Crippen LogP contribution in [0.5, 0.6) is 0 Å². The number of halogens is 1. The lowest BCUT2D eigenvalue weighted by molar-refractivity contribution is 0.601. The molecule has 2 aromatic heterocycles. The van der Waals surface area contributed by atoms with Gasteiger partial charge in [0.15, 0.2) is 5.82 Å². The van der Waals surface area contributed by atoms with Gasteiger partial charge >= 0.3 is 0 Å². The highest BCUT2D eigenvalue weighted by molar-refractivity contribution is 7.92. The second-order valence-corrected chi connectivity index (χ2v) is 7.71. The summed E-state index contributed by atoms with van der Waals surface area (Å²) in [7, 11) is -3.73. The smallest absolute Gasteiger partial charge is 0.261 e. The van der Waals surface area contributed by atoms with Crippen molar-refractivity contribution in [1.29, 1.82) is 0 Å². The van der Waals surface area contributed by atoms with Gasteiger partial charge in [-0.25, -0.2) is 13.4 Å². The molecule has 6 nitrogen and oxygen atoms in total. The molecule has 0 radical (unpaired) electrons. The van der Waals surface area contributed by atoms with Crippen LogP contribution in [0.1, 0.15) is 0 Å². The van der Waals surface area contributed by atoms with Gasteiger partial charge in [0, 0.05) is 16.9 Å². The van der Waals surface area contributed by atoms with Crippen LogP contribution >= 0.6 is 11.6 Å². The Morgan fingerprint density at radius 3 is 2.54 bits per heavy atom. The van der Waals surface area contributed by atoms with E-state index in [2.05, 4.69) is 19.7 Å². The molecule has 26 heavy (non-hydrogen) atoms. The summed E-state index contributed by atoms with van der Waals surface area (Å²) in [6, 6.07) is 16.7. The van der Waals surface area contributed by atoms with Crippen molar-refractivity contribution in [2.75, 3.05) is 4.72 Å². The number of hydrogen-bond acceptors (Lipinski definition) is 4. The highest BCUT2D eigenvalue weighted by Crippen LogP contribution is 2.23. The molecule has 0 aliphatic rings. The van der Waals surface area contributed by atoms with Crippen LogP contribution in [0.15, 0.2) is 71.8 Å². The van der Waals surface area contributed by atoms with Crippen molar-refractivity contribution in [2.24, 2.45) is 0 Å². The Bertz CT molecular complexity index is 1170. The zero-order chi connectivity index (χ0) is 18.1. The molecule has 4 rings (SSSR count). The fraction of sp³-hybridized carbons (Fsp3) is 0. The van der Waals surface area contributed by atoms with Gasteiger partial charge in [-0.05, 0) is 54.6 Å². The Morgan fingerprint density at radius 1 is 1.00 bits per heavy atom. The van der Waals surface area contributed by atoms with Crippen molar-refractivity contribution in [2.45, 2.75) is 4.90 Å². The summed E-state index contributed by atoms with van der Waals surface area (Å²) in [6.07, 6.45) is 1.68. The third-order valence-electron chi connectivity index (χ3n) is 3.77. The van der Waals surface area contributed by atoms with Gasteiger partial charge in [-0.1, -0.05) is 17.7 Å². The Hall–Kier alpha value is -2.90. The van der Waals surface area contributed by atoms with E-state index in [9.17, 15) is 8.42 Å². The minimum absolute atomic E-state index is 0.135. The highest BCUT2D eigenvalue weighted by atomic mass is 35.5. The average molecular weight is 385 g/mol. The molecule has 0 spiro atoms. The summed E-state index contributed by atoms with van der Waals surface area (Å²) in [4.78, 5) is 11.9. The van der Waals surface area contributed by atoms with Crippen LogP contribution < -0.4 is 4.72 Å². The Labute approximate surface area is 154 Å². The molecule has 0 aliphatic carbocycles. The monoisotopic (exact) mass is 384 g/mol. The maximum atomic E-state index is 12.6. The van der Waals surface area contributed by atoms with Crippen LogP contribution in [-0.4, -0.2) is 23.4 Å². The predicted octanol–water partition coefficient (Wildman–Crippen LogP) is 4.08. The standard InChI is InChI=1S/C18H13ClN4O2S/c19-12-4-6-13(7-5-12)23-26(24,25)14-8-9-15-17(11-14)22-18(21-15)16-3-1-2-10-20-16/h1-11,23H,(H,21,22).